The highest BCUT2D eigenvalue weighted by Crippen LogP contribution is 2.21. The molecule has 0 bridgehead atoms. The van der Waals surface area contributed by atoms with Crippen molar-refractivity contribution in [3.63, 3.8) is 0 Å². The summed E-state index contributed by atoms with van der Waals surface area (Å²) in [6.07, 6.45) is 2.47. The Balaban J connectivity index is 2.27. The second kappa shape index (κ2) is 3.65. The number of aromatic nitrogens is 1. The van der Waals surface area contributed by atoms with E-state index in [1.807, 2.05) is 18.2 Å². The molecule has 0 aliphatic rings. The average molecular weight is 203 g/mol. The smallest absolute Gasteiger partial charge is 0.156 e. The molecule has 2 aromatic rings. The third-order valence-electron chi connectivity index (χ3n) is 2.43. The van der Waals surface area contributed by atoms with Crippen molar-refractivity contribution in [1.82, 2.24) is 4.98 Å². The molecule has 0 fully saturated rings. The largest absolute Gasteiger partial charge is 0.624 e. The highest BCUT2D eigenvalue weighted by Gasteiger charge is 2.02. The Morgan fingerprint density at radius 1 is 1.47 bits per heavy atom. The van der Waals surface area contributed by atoms with Gasteiger partial charge in [-0.3, -0.25) is 0 Å². The van der Waals surface area contributed by atoms with Crippen LogP contribution in [0, 0.1) is 5.21 Å². The van der Waals surface area contributed by atoms with E-state index in [2.05, 4.69) is 11.7 Å². The van der Waals surface area contributed by atoms with Crippen LogP contribution in [0.25, 0.3) is 10.9 Å². The van der Waals surface area contributed by atoms with Crippen molar-refractivity contribution >= 4 is 23.3 Å². The summed E-state index contributed by atoms with van der Waals surface area (Å²) in [5.74, 6) is 0. The quantitative estimate of drug-likeness (QED) is 0.343. The van der Waals surface area contributed by atoms with Crippen LogP contribution in [0.4, 0.5) is 5.69 Å². The first kappa shape index (κ1) is 9.58. The first-order chi connectivity index (χ1) is 7.16. The van der Waals surface area contributed by atoms with Crippen molar-refractivity contribution in [3.05, 3.63) is 35.2 Å². The molecule has 4 nitrogen and oxygen atoms in total. The highest BCUT2D eigenvalue weighted by molar-refractivity contribution is 5.91. The molecule has 1 heterocycles. The number of aromatic amines is 1. The standard InChI is InChI=1S/C11H13N3O/c1-14(15)5-4-8-2-3-9-10(12)7-13-11(9)6-8/h2-3,6-7,13H,1,4-5,12H2. The Morgan fingerprint density at radius 3 is 3.00 bits per heavy atom. The number of hydroxylamine groups is 1. The number of H-pyrrole nitrogens is 1. The van der Waals surface area contributed by atoms with Gasteiger partial charge in [0.2, 0.25) is 0 Å². The number of nitrogens with one attached hydrogen (secondary N) is 1. The highest BCUT2D eigenvalue weighted by atomic mass is 16.5. The zero-order valence-electron chi connectivity index (χ0n) is 8.36. The van der Waals surface area contributed by atoms with E-state index in [4.69, 9.17) is 5.73 Å². The molecule has 0 saturated carbocycles. The summed E-state index contributed by atoms with van der Waals surface area (Å²) in [5, 5.41) is 11.7. The van der Waals surface area contributed by atoms with E-state index in [0.29, 0.717) is 17.7 Å². The van der Waals surface area contributed by atoms with Crippen molar-refractivity contribution < 1.29 is 4.74 Å². The minimum atomic E-state index is 0.404. The Labute approximate surface area is 87.6 Å². The van der Waals surface area contributed by atoms with Crippen LogP contribution in [0.5, 0.6) is 0 Å². The van der Waals surface area contributed by atoms with E-state index in [-0.39, 0.29) is 0 Å². The topological polar surface area (TPSA) is 67.9 Å². The molecule has 15 heavy (non-hydrogen) atoms. The maximum atomic E-state index is 10.7. The summed E-state index contributed by atoms with van der Waals surface area (Å²) in [4.78, 5) is 3.08. The lowest BCUT2D eigenvalue weighted by molar-refractivity contribution is -0.447. The minimum Gasteiger partial charge on any atom is -0.624 e. The molecule has 0 unspecified atom stereocenters. The summed E-state index contributed by atoms with van der Waals surface area (Å²) in [5.41, 5.74) is 8.61. The van der Waals surface area contributed by atoms with Gasteiger partial charge >= 0.3 is 0 Å². The summed E-state index contributed by atoms with van der Waals surface area (Å²) in [6.45, 7) is 3.67. The van der Waals surface area contributed by atoms with Crippen molar-refractivity contribution in [1.29, 1.82) is 0 Å². The second-order valence-electron chi connectivity index (χ2n) is 3.58. The molecule has 0 amide bonds. The number of nitrogen functional groups attached to an aromatic ring is 1. The van der Waals surface area contributed by atoms with Crippen LogP contribution in [0.1, 0.15) is 5.56 Å². The third-order valence-corrected chi connectivity index (χ3v) is 2.43. The van der Waals surface area contributed by atoms with E-state index in [1.54, 1.807) is 6.20 Å². The Bertz CT molecular complexity index is 502. The van der Waals surface area contributed by atoms with Gasteiger partial charge in [-0.2, -0.15) is 0 Å². The van der Waals surface area contributed by atoms with Crippen LogP contribution in [-0.4, -0.2) is 23.0 Å². The molecule has 2 rings (SSSR count). The van der Waals surface area contributed by atoms with Gasteiger partial charge in [0.05, 0.1) is 5.69 Å². The average Bonchev–Trinajstić information content (AvgIpc) is 2.57. The van der Waals surface area contributed by atoms with Crippen LogP contribution >= 0.6 is 0 Å². The number of rotatable bonds is 3. The van der Waals surface area contributed by atoms with E-state index in [9.17, 15) is 5.21 Å². The molecule has 1 aromatic heterocycles. The Hall–Kier alpha value is -1.97. The molecule has 78 valence electrons. The fourth-order valence-corrected chi connectivity index (χ4v) is 1.61. The molecule has 0 aliphatic carbocycles. The van der Waals surface area contributed by atoms with Gasteiger partial charge in [-0.05, 0) is 11.6 Å². The fraction of sp³-hybridized carbons (Fsp3) is 0.182. The number of nitrogens with zero attached hydrogens (tertiary/aromatic N) is 1. The van der Waals surface area contributed by atoms with Crippen LogP contribution < -0.4 is 5.73 Å². The molecule has 0 atom stereocenters. The Kier molecular flexibility index (Phi) is 2.33. The number of hydrogen-bond donors (Lipinski definition) is 2. The van der Waals surface area contributed by atoms with Gasteiger partial charge in [0, 0.05) is 23.5 Å². The van der Waals surface area contributed by atoms with Crippen LogP contribution in [-0.2, 0) is 6.42 Å². The summed E-state index contributed by atoms with van der Waals surface area (Å²) in [6, 6.07) is 5.96. The molecular weight excluding hydrogens is 190 g/mol. The van der Waals surface area contributed by atoms with E-state index >= 15 is 0 Å². The van der Waals surface area contributed by atoms with Crippen LogP contribution in [0.15, 0.2) is 24.4 Å². The first-order valence-electron chi connectivity index (χ1n) is 4.77. The monoisotopic (exact) mass is 203 g/mol. The van der Waals surface area contributed by atoms with Crippen molar-refractivity contribution in [2.75, 3.05) is 12.3 Å². The van der Waals surface area contributed by atoms with Crippen molar-refractivity contribution in [3.8, 4) is 0 Å². The van der Waals surface area contributed by atoms with Gasteiger partial charge in [0.15, 0.2) is 6.54 Å². The summed E-state index contributed by atoms with van der Waals surface area (Å²) >= 11 is 0. The van der Waals surface area contributed by atoms with Crippen LogP contribution in [0.2, 0.25) is 0 Å². The molecule has 4 heteroatoms. The number of hydrogen-bond acceptors (Lipinski definition) is 2. The third kappa shape index (κ3) is 1.93. The predicted molar refractivity (Wildman–Crippen MR) is 62.0 cm³/mol. The summed E-state index contributed by atoms with van der Waals surface area (Å²) in [7, 11) is 0. The number of anilines is 1. The van der Waals surface area contributed by atoms with E-state index in [0.717, 1.165) is 22.2 Å². The van der Waals surface area contributed by atoms with Gasteiger partial charge in [0.25, 0.3) is 0 Å². The minimum absolute atomic E-state index is 0.404. The normalized spacial score (nSPS) is 10.7. The lowest BCUT2D eigenvalue weighted by Gasteiger charge is -2.02. The maximum Gasteiger partial charge on any atom is 0.156 e. The van der Waals surface area contributed by atoms with Gasteiger partial charge in [-0.1, -0.05) is 12.1 Å². The van der Waals surface area contributed by atoms with Gasteiger partial charge in [0.1, 0.15) is 6.72 Å². The summed E-state index contributed by atoms with van der Waals surface area (Å²) < 4.78 is 0.688. The number of benzene rings is 1. The molecular formula is C11H13N3O. The number of nitrogens with two attached hydrogens (primary N) is 1. The van der Waals surface area contributed by atoms with E-state index in [1.165, 1.54) is 0 Å². The van der Waals surface area contributed by atoms with Crippen LogP contribution in [0.3, 0.4) is 0 Å². The Morgan fingerprint density at radius 2 is 2.27 bits per heavy atom. The fourth-order valence-electron chi connectivity index (χ4n) is 1.61. The molecule has 0 aliphatic heterocycles. The van der Waals surface area contributed by atoms with Gasteiger partial charge in [-0.25, -0.2) is 4.74 Å². The van der Waals surface area contributed by atoms with Gasteiger partial charge < -0.3 is 15.9 Å². The lowest BCUT2D eigenvalue weighted by Crippen LogP contribution is -2.04. The first-order valence-corrected chi connectivity index (χ1v) is 4.77. The van der Waals surface area contributed by atoms with Crippen molar-refractivity contribution in [2.45, 2.75) is 6.42 Å². The number of fused-ring (bicyclic) bond motifs is 1. The lowest BCUT2D eigenvalue weighted by atomic mass is 10.1. The van der Waals surface area contributed by atoms with Crippen molar-refractivity contribution in [2.24, 2.45) is 0 Å². The second-order valence-corrected chi connectivity index (χ2v) is 3.58. The van der Waals surface area contributed by atoms with E-state index < -0.39 is 0 Å². The SMILES string of the molecule is C=[N+]([O-])CCc1ccc2c(N)c[nH]c2c1. The molecule has 3 N–H and O–H groups in total. The molecule has 1 aromatic carbocycles. The molecule has 0 saturated heterocycles. The van der Waals surface area contributed by atoms with Gasteiger partial charge in [-0.15, -0.1) is 0 Å². The molecule has 0 radical (unpaired) electrons. The maximum absolute atomic E-state index is 10.7. The molecule has 0 spiro atoms. The zero-order valence-corrected chi connectivity index (χ0v) is 8.36. The zero-order chi connectivity index (χ0) is 10.8. The predicted octanol–water partition coefficient (Wildman–Crippen LogP) is 1.50.